The molecule has 0 amide bonds. The maximum atomic E-state index is 10.0. The van der Waals surface area contributed by atoms with Crippen LogP contribution in [0, 0.1) is 5.92 Å². The van der Waals surface area contributed by atoms with Gasteiger partial charge in [0.2, 0.25) is 0 Å². The largest absolute Gasteiger partial charge is 0.481 e. The van der Waals surface area contributed by atoms with Crippen LogP contribution >= 0.6 is 0 Å². The Labute approximate surface area is 48.8 Å². The summed E-state index contributed by atoms with van der Waals surface area (Å²) < 4.78 is 0. The number of hydrogen-bond donors (Lipinski definition) is 1. The van der Waals surface area contributed by atoms with E-state index in [0.29, 0.717) is 0 Å². The van der Waals surface area contributed by atoms with Crippen molar-refractivity contribution in [3.63, 3.8) is 0 Å². The van der Waals surface area contributed by atoms with Gasteiger partial charge < -0.3 is 5.11 Å². The number of carboxylic acids is 1. The molecular weight excluding hydrogens is 104 g/mol. The van der Waals surface area contributed by atoms with E-state index < -0.39 is 5.97 Å². The van der Waals surface area contributed by atoms with E-state index in [0.717, 1.165) is 0 Å². The lowest BCUT2D eigenvalue weighted by atomic mass is 10.2. The maximum Gasteiger partial charge on any atom is 0.310 e. The Morgan fingerprint density at radius 1 is 1.75 bits per heavy atom. The van der Waals surface area contributed by atoms with E-state index in [2.05, 4.69) is 0 Å². The second-order valence-electron chi connectivity index (χ2n) is 1.65. The van der Waals surface area contributed by atoms with Crippen molar-refractivity contribution in [3.8, 4) is 0 Å². The van der Waals surface area contributed by atoms with E-state index in [1.54, 1.807) is 26.0 Å². The van der Waals surface area contributed by atoms with E-state index in [4.69, 9.17) is 5.11 Å². The van der Waals surface area contributed by atoms with Crippen molar-refractivity contribution >= 4 is 5.97 Å². The van der Waals surface area contributed by atoms with Gasteiger partial charge in [0, 0.05) is 0 Å². The Bertz CT molecular complexity index is 105. The van der Waals surface area contributed by atoms with Crippen LogP contribution in [0.4, 0.5) is 0 Å². The zero-order valence-corrected chi connectivity index (χ0v) is 5.09. The van der Waals surface area contributed by atoms with E-state index in [1.807, 2.05) is 0 Å². The molecule has 0 fully saturated rings. The molecule has 1 atom stereocenters. The minimum Gasteiger partial charge on any atom is -0.481 e. The molecule has 0 bridgehead atoms. The fourth-order valence-corrected chi connectivity index (χ4v) is 0.371. The van der Waals surface area contributed by atoms with Crippen molar-refractivity contribution in [1.29, 1.82) is 0 Å². The van der Waals surface area contributed by atoms with Gasteiger partial charge in [-0.25, -0.2) is 0 Å². The molecule has 0 aromatic heterocycles. The Morgan fingerprint density at radius 2 is 2.25 bits per heavy atom. The lowest BCUT2D eigenvalue weighted by molar-refractivity contribution is -0.139. The highest BCUT2D eigenvalue weighted by Gasteiger charge is 2.03. The number of aliphatic carboxylic acids is 1. The molecule has 2 nitrogen and oxygen atoms in total. The minimum absolute atomic E-state index is 0.347. The molecule has 0 aliphatic heterocycles. The Hall–Kier alpha value is -0.790. The number of hydrogen-bond acceptors (Lipinski definition) is 1. The van der Waals surface area contributed by atoms with Crippen LogP contribution in [0.5, 0.6) is 0 Å². The molecule has 0 aliphatic carbocycles. The molecule has 0 radical (unpaired) electrons. The predicted molar refractivity (Wildman–Crippen MR) is 31.6 cm³/mol. The normalized spacial score (nSPS) is 14.2. The Morgan fingerprint density at radius 3 is 2.38 bits per heavy atom. The van der Waals surface area contributed by atoms with E-state index in [-0.39, 0.29) is 5.92 Å². The quantitative estimate of drug-likeness (QED) is 0.549. The van der Waals surface area contributed by atoms with Gasteiger partial charge in [-0.15, -0.1) is 0 Å². The molecule has 0 aromatic carbocycles. The van der Waals surface area contributed by atoms with Gasteiger partial charge in [-0.1, -0.05) is 12.2 Å². The topological polar surface area (TPSA) is 37.3 Å². The molecule has 0 spiro atoms. The number of allylic oxidation sites excluding steroid dienone is 1. The standard InChI is InChI=1S/C6H10O2/c1-3-4-5(2)6(7)8/h3-5H,1-2H3,(H,7,8)/b4-3-. The highest BCUT2D eigenvalue weighted by Crippen LogP contribution is 1.94. The second kappa shape index (κ2) is 3.24. The number of carbonyl (C=O) groups is 1. The van der Waals surface area contributed by atoms with E-state index >= 15 is 0 Å². The fraction of sp³-hybridized carbons (Fsp3) is 0.500. The van der Waals surface area contributed by atoms with E-state index in [9.17, 15) is 4.79 Å². The number of rotatable bonds is 2. The maximum absolute atomic E-state index is 10.0. The van der Waals surface area contributed by atoms with Crippen molar-refractivity contribution < 1.29 is 9.90 Å². The summed E-state index contributed by atoms with van der Waals surface area (Å²) in [6.45, 7) is 3.45. The molecule has 0 aromatic rings. The molecule has 8 heavy (non-hydrogen) atoms. The molecule has 46 valence electrons. The summed E-state index contributed by atoms with van der Waals surface area (Å²) >= 11 is 0. The molecule has 0 saturated heterocycles. The third kappa shape index (κ3) is 2.39. The van der Waals surface area contributed by atoms with Crippen LogP contribution in [-0.4, -0.2) is 11.1 Å². The molecular formula is C6H10O2. The summed E-state index contributed by atoms with van der Waals surface area (Å²) in [5.74, 6) is -1.12. The first-order valence-electron chi connectivity index (χ1n) is 2.54. The van der Waals surface area contributed by atoms with Gasteiger partial charge in [0.1, 0.15) is 0 Å². The van der Waals surface area contributed by atoms with Crippen molar-refractivity contribution in [2.45, 2.75) is 13.8 Å². The molecule has 0 aliphatic rings. The van der Waals surface area contributed by atoms with Gasteiger partial charge in [0.15, 0.2) is 0 Å². The predicted octanol–water partition coefficient (Wildman–Crippen LogP) is 1.28. The van der Waals surface area contributed by atoms with Gasteiger partial charge in [-0.05, 0) is 13.8 Å². The Balaban J connectivity index is 3.64. The summed E-state index contributed by atoms with van der Waals surface area (Å²) in [6, 6.07) is 0. The van der Waals surface area contributed by atoms with Crippen LogP contribution in [0.25, 0.3) is 0 Å². The molecule has 0 rings (SSSR count). The van der Waals surface area contributed by atoms with Crippen LogP contribution in [0.15, 0.2) is 12.2 Å². The highest BCUT2D eigenvalue weighted by molar-refractivity contribution is 5.71. The summed E-state index contributed by atoms with van der Waals surface area (Å²) in [4.78, 5) is 10.0. The molecule has 0 heterocycles. The first kappa shape index (κ1) is 7.21. The first-order valence-corrected chi connectivity index (χ1v) is 2.54. The average Bonchev–Trinajstić information content (AvgIpc) is 1.67. The monoisotopic (exact) mass is 114 g/mol. The van der Waals surface area contributed by atoms with Crippen LogP contribution in [0.1, 0.15) is 13.8 Å². The van der Waals surface area contributed by atoms with Crippen molar-refractivity contribution in [1.82, 2.24) is 0 Å². The fourth-order valence-electron chi connectivity index (χ4n) is 0.371. The zero-order valence-electron chi connectivity index (χ0n) is 5.09. The third-order valence-electron chi connectivity index (χ3n) is 0.871. The van der Waals surface area contributed by atoms with Crippen LogP contribution in [0.3, 0.4) is 0 Å². The third-order valence-corrected chi connectivity index (χ3v) is 0.871. The lowest BCUT2D eigenvalue weighted by Crippen LogP contribution is -2.05. The smallest absolute Gasteiger partial charge is 0.310 e. The van der Waals surface area contributed by atoms with Crippen molar-refractivity contribution in [2.24, 2.45) is 5.92 Å². The molecule has 1 unspecified atom stereocenters. The Kier molecular flexibility index (Phi) is 2.92. The molecule has 1 N–H and O–H groups in total. The summed E-state index contributed by atoms with van der Waals surface area (Å²) in [7, 11) is 0. The average molecular weight is 114 g/mol. The van der Waals surface area contributed by atoms with Crippen molar-refractivity contribution in [2.75, 3.05) is 0 Å². The minimum atomic E-state index is -0.775. The lowest BCUT2D eigenvalue weighted by Gasteiger charge is -1.93. The first-order chi connectivity index (χ1) is 3.68. The van der Waals surface area contributed by atoms with Crippen molar-refractivity contribution in [3.05, 3.63) is 12.2 Å². The van der Waals surface area contributed by atoms with E-state index in [1.165, 1.54) is 0 Å². The van der Waals surface area contributed by atoms with Gasteiger partial charge in [0.25, 0.3) is 0 Å². The van der Waals surface area contributed by atoms with Gasteiger partial charge in [-0.3, -0.25) is 4.79 Å². The van der Waals surface area contributed by atoms with Gasteiger partial charge in [-0.2, -0.15) is 0 Å². The summed E-state index contributed by atoms with van der Waals surface area (Å²) in [5.41, 5.74) is 0. The van der Waals surface area contributed by atoms with Crippen LogP contribution < -0.4 is 0 Å². The van der Waals surface area contributed by atoms with Gasteiger partial charge in [0.05, 0.1) is 5.92 Å². The molecule has 2 heteroatoms. The second-order valence-corrected chi connectivity index (χ2v) is 1.65. The summed E-state index contributed by atoms with van der Waals surface area (Å²) in [6.07, 6.45) is 3.38. The van der Waals surface area contributed by atoms with Gasteiger partial charge >= 0.3 is 5.97 Å². The highest BCUT2D eigenvalue weighted by atomic mass is 16.4. The van der Waals surface area contributed by atoms with Crippen LogP contribution in [0.2, 0.25) is 0 Å². The number of carboxylic acid groups (broad SMARTS) is 1. The molecule has 0 saturated carbocycles. The SMILES string of the molecule is C/C=C\C(C)C(=O)O. The zero-order chi connectivity index (χ0) is 6.57. The van der Waals surface area contributed by atoms with Crippen LogP contribution in [-0.2, 0) is 4.79 Å². The summed E-state index contributed by atoms with van der Waals surface area (Å²) in [5, 5.41) is 8.26.